The van der Waals surface area contributed by atoms with E-state index >= 15 is 0 Å². The minimum absolute atomic E-state index is 0.0188. The van der Waals surface area contributed by atoms with Gasteiger partial charge in [0.2, 0.25) is 10.0 Å². The molecule has 0 unspecified atom stereocenters. The number of hydrogen-bond acceptors (Lipinski definition) is 3. The fraction of sp³-hybridized carbons (Fsp3) is 0.625. The Balaban J connectivity index is 2.12. The quantitative estimate of drug-likeness (QED) is 0.909. The number of primary sulfonamides is 1. The SMILES string of the molecule is Cc1ccc(OCC2(CS(N)(=O)=O)CCCCC2)c(C)c1. The Morgan fingerprint density at radius 2 is 1.86 bits per heavy atom. The van der Waals surface area contributed by atoms with E-state index in [2.05, 4.69) is 6.07 Å². The predicted molar refractivity (Wildman–Crippen MR) is 84.9 cm³/mol. The summed E-state index contributed by atoms with van der Waals surface area (Å²) in [4.78, 5) is 0. The van der Waals surface area contributed by atoms with Gasteiger partial charge in [0.1, 0.15) is 5.75 Å². The molecule has 2 N–H and O–H groups in total. The van der Waals surface area contributed by atoms with Gasteiger partial charge in [0.25, 0.3) is 0 Å². The summed E-state index contributed by atoms with van der Waals surface area (Å²) >= 11 is 0. The van der Waals surface area contributed by atoms with E-state index in [1.807, 2.05) is 26.0 Å². The number of hydrogen-bond donors (Lipinski definition) is 1. The molecular formula is C16H25NO3S. The second-order valence-electron chi connectivity index (χ2n) is 6.43. The number of rotatable bonds is 5. The Kier molecular flexibility index (Phi) is 4.94. The van der Waals surface area contributed by atoms with Crippen LogP contribution in [0.2, 0.25) is 0 Å². The number of ether oxygens (including phenoxy) is 1. The largest absolute Gasteiger partial charge is 0.493 e. The van der Waals surface area contributed by atoms with E-state index in [-0.39, 0.29) is 11.2 Å². The number of aryl methyl sites for hydroxylation is 2. The van der Waals surface area contributed by atoms with Crippen molar-refractivity contribution in [1.29, 1.82) is 0 Å². The smallest absolute Gasteiger partial charge is 0.209 e. The lowest BCUT2D eigenvalue weighted by Crippen LogP contribution is -2.40. The highest BCUT2D eigenvalue weighted by Gasteiger charge is 2.36. The number of sulfonamides is 1. The average Bonchev–Trinajstić information content (AvgIpc) is 2.37. The van der Waals surface area contributed by atoms with Crippen LogP contribution in [0, 0.1) is 19.3 Å². The highest BCUT2D eigenvalue weighted by Crippen LogP contribution is 2.38. The maximum atomic E-state index is 11.5. The number of benzene rings is 1. The molecule has 1 fully saturated rings. The molecule has 1 aliphatic rings. The molecule has 0 radical (unpaired) electrons. The third-order valence-corrected chi connectivity index (χ3v) is 5.30. The first-order valence-corrected chi connectivity index (χ1v) is 9.22. The van der Waals surface area contributed by atoms with Crippen molar-refractivity contribution in [3.63, 3.8) is 0 Å². The van der Waals surface area contributed by atoms with Crippen LogP contribution >= 0.6 is 0 Å². The van der Waals surface area contributed by atoms with Gasteiger partial charge in [-0.2, -0.15) is 0 Å². The van der Waals surface area contributed by atoms with Crippen molar-refractivity contribution in [1.82, 2.24) is 0 Å². The molecular weight excluding hydrogens is 286 g/mol. The van der Waals surface area contributed by atoms with Gasteiger partial charge in [-0.1, -0.05) is 37.0 Å². The zero-order chi connectivity index (χ0) is 15.5. The van der Waals surface area contributed by atoms with Gasteiger partial charge in [-0.25, -0.2) is 13.6 Å². The summed E-state index contributed by atoms with van der Waals surface area (Å²) in [6, 6.07) is 6.04. The molecule has 0 aromatic heterocycles. The van der Waals surface area contributed by atoms with Crippen LogP contribution in [0.5, 0.6) is 5.75 Å². The summed E-state index contributed by atoms with van der Waals surface area (Å²) < 4.78 is 29.1. The Labute approximate surface area is 127 Å². The van der Waals surface area contributed by atoms with Crippen LogP contribution in [0.15, 0.2) is 18.2 Å². The predicted octanol–water partition coefficient (Wildman–Crippen LogP) is 2.92. The first-order chi connectivity index (χ1) is 9.80. The second-order valence-corrected chi connectivity index (χ2v) is 8.04. The summed E-state index contributed by atoms with van der Waals surface area (Å²) in [5.74, 6) is 0.852. The second kappa shape index (κ2) is 6.36. The molecule has 0 amide bonds. The lowest BCUT2D eigenvalue weighted by molar-refractivity contribution is 0.118. The molecule has 4 nitrogen and oxygen atoms in total. The molecule has 5 heteroatoms. The van der Waals surface area contributed by atoms with E-state index in [9.17, 15) is 8.42 Å². The molecule has 0 heterocycles. The minimum Gasteiger partial charge on any atom is -0.493 e. The lowest BCUT2D eigenvalue weighted by atomic mass is 9.76. The van der Waals surface area contributed by atoms with Crippen molar-refractivity contribution >= 4 is 10.0 Å². The molecule has 1 aliphatic carbocycles. The van der Waals surface area contributed by atoms with Gasteiger partial charge in [-0.3, -0.25) is 0 Å². The van der Waals surface area contributed by atoms with Crippen molar-refractivity contribution in [3.8, 4) is 5.75 Å². The van der Waals surface area contributed by atoms with E-state index in [1.54, 1.807) is 0 Å². The molecule has 2 rings (SSSR count). The fourth-order valence-corrected chi connectivity index (χ4v) is 4.48. The van der Waals surface area contributed by atoms with Gasteiger partial charge in [0.05, 0.1) is 12.4 Å². The molecule has 0 saturated heterocycles. The van der Waals surface area contributed by atoms with Crippen molar-refractivity contribution in [2.45, 2.75) is 46.0 Å². The molecule has 0 spiro atoms. The molecule has 118 valence electrons. The Hall–Kier alpha value is -1.07. The summed E-state index contributed by atoms with van der Waals surface area (Å²) in [5.41, 5.74) is 1.94. The zero-order valence-corrected chi connectivity index (χ0v) is 13.7. The molecule has 1 aromatic carbocycles. The van der Waals surface area contributed by atoms with Crippen molar-refractivity contribution < 1.29 is 13.2 Å². The first-order valence-electron chi connectivity index (χ1n) is 7.50. The van der Waals surface area contributed by atoms with Gasteiger partial charge in [0, 0.05) is 5.41 Å². The van der Waals surface area contributed by atoms with Crippen LogP contribution < -0.4 is 9.88 Å². The molecule has 0 aliphatic heterocycles. The Morgan fingerprint density at radius 1 is 1.19 bits per heavy atom. The van der Waals surface area contributed by atoms with Crippen LogP contribution in [-0.2, 0) is 10.0 Å². The molecule has 1 saturated carbocycles. The van der Waals surface area contributed by atoms with E-state index in [1.165, 1.54) is 5.56 Å². The topological polar surface area (TPSA) is 69.4 Å². The molecule has 21 heavy (non-hydrogen) atoms. The molecule has 0 atom stereocenters. The van der Waals surface area contributed by atoms with Crippen LogP contribution in [0.25, 0.3) is 0 Å². The maximum absolute atomic E-state index is 11.5. The number of nitrogens with two attached hydrogens (primary N) is 1. The average molecular weight is 311 g/mol. The van der Waals surface area contributed by atoms with E-state index in [4.69, 9.17) is 9.88 Å². The monoisotopic (exact) mass is 311 g/mol. The van der Waals surface area contributed by atoms with Gasteiger partial charge in [-0.15, -0.1) is 0 Å². The summed E-state index contributed by atoms with van der Waals surface area (Å²) in [5, 5.41) is 5.29. The van der Waals surface area contributed by atoms with Crippen molar-refractivity contribution in [2.24, 2.45) is 10.6 Å². The third-order valence-electron chi connectivity index (χ3n) is 4.29. The van der Waals surface area contributed by atoms with Crippen LogP contribution in [0.3, 0.4) is 0 Å². The van der Waals surface area contributed by atoms with Gasteiger partial charge >= 0.3 is 0 Å². The minimum atomic E-state index is -3.48. The summed E-state index contributed by atoms with van der Waals surface area (Å²) in [7, 11) is -3.48. The van der Waals surface area contributed by atoms with Crippen LogP contribution in [0.4, 0.5) is 0 Å². The Morgan fingerprint density at radius 3 is 2.43 bits per heavy atom. The Bertz CT molecular complexity index is 590. The molecule has 1 aromatic rings. The first kappa shape index (κ1) is 16.3. The van der Waals surface area contributed by atoms with E-state index in [0.29, 0.717) is 6.61 Å². The summed E-state index contributed by atoms with van der Waals surface area (Å²) in [6.07, 6.45) is 5.00. The lowest BCUT2D eigenvalue weighted by Gasteiger charge is -2.36. The van der Waals surface area contributed by atoms with Crippen molar-refractivity contribution in [2.75, 3.05) is 12.4 Å². The maximum Gasteiger partial charge on any atom is 0.209 e. The van der Waals surface area contributed by atoms with Crippen molar-refractivity contribution in [3.05, 3.63) is 29.3 Å². The van der Waals surface area contributed by atoms with Gasteiger partial charge in [-0.05, 0) is 38.3 Å². The molecule has 0 bridgehead atoms. The normalized spacial score (nSPS) is 18.4. The van der Waals surface area contributed by atoms with Crippen LogP contribution in [-0.4, -0.2) is 20.8 Å². The van der Waals surface area contributed by atoms with E-state index in [0.717, 1.165) is 43.4 Å². The standard InChI is InChI=1S/C16H25NO3S/c1-13-6-7-15(14(2)10-13)20-11-16(12-21(17,18)19)8-4-3-5-9-16/h6-7,10H,3-5,8-9,11-12H2,1-2H3,(H2,17,18,19). The fourth-order valence-electron chi connectivity index (χ4n) is 3.25. The summed E-state index contributed by atoms with van der Waals surface area (Å²) in [6.45, 7) is 4.48. The highest BCUT2D eigenvalue weighted by atomic mass is 32.2. The van der Waals surface area contributed by atoms with Gasteiger partial charge < -0.3 is 4.74 Å². The van der Waals surface area contributed by atoms with E-state index < -0.39 is 10.0 Å². The van der Waals surface area contributed by atoms with Gasteiger partial charge in [0.15, 0.2) is 0 Å². The third kappa shape index (κ3) is 4.71. The highest BCUT2D eigenvalue weighted by molar-refractivity contribution is 7.89. The van der Waals surface area contributed by atoms with Crippen LogP contribution in [0.1, 0.15) is 43.2 Å². The zero-order valence-electron chi connectivity index (χ0n) is 12.9.